The average Bonchev–Trinajstić information content (AvgIpc) is 2.93. The highest BCUT2D eigenvalue weighted by molar-refractivity contribution is 7.13. The summed E-state index contributed by atoms with van der Waals surface area (Å²) < 4.78 is 10.9. The third kappa shape index (κ3) is 3.98. The molecule has 23 heavy (non-hydrogen) atoms. The number of anilines is 1. The lowest BCUT2D eigenvalue weighted by Crippen LogP contribution is -2.17. The molecule has 3 rings (SSSR count). The Morgan fingerprint density at radius 2 is 2.00 bits per heavy atom. The number of fused-ring (bicyclic) bond motifs is 1. The van der Waals surface area contributed by atoms with E-state index in [1.54, 1.807) is 17.5 Å². The van der Waals surface area contributed by atoms with E-state index in [9.17, 15) is 9.59 Å². The van der Waals surface area contributed by atoms with Crippen LogP contribution in [0.2, 0.25) is 0 Å². The van der Waals surface area contributed by atoms with Gasteiger partial charge in [-0.3, -0.25) is 9.59 Å². The number of amides is 2. The fraction of sp³-hybridized carbons (Fsp3) is 0.267. The molecule has 2 amide bonds. The largest absolute Gasteiger partial charge is 0.486 e. The summed E-state index contributed by atoms with van der Waals surface area (Å²) in [4.78, 5) is 27.1. The Labute approximate surface area is 136 Å². The van der Waals surface area contributed by atoms with Gasteiger partial charge in [-0.15, -0.1) is 11.3 Å². The van der Waals surface area contributed by atoms with Crippen molar-refractivity contribution in [1.82, 2.24) is 4.98 Å². The monoisotopic (exact) mass is 333 g/mol. The molecule has 1 aromatic heterocycles. The number of hydrogen-bond acceptors (Lipinski definition) is 6. The van der Waals surface area contributed by atoms with Crippen molar-refractivity contribution in [3.63, 3.8) is 0 Å². The Balaban J connectivity index is 1.61. The van der Waals surface area contributed by atoms with Crippen LogP contribution in [0.3, 0.4) is 0 Å². The zero-order chi connectivity index (χ0) is 16.2. The minimum Gasteiger partial charge on any atom is -0.486 e. The van der Waals surface area contributed by atoms with Gasteiger partial charge < -0.3 is 20.5 Å². The number of ether oxygens (including phenoxy) is 2. The van der Waals surface area contributed by atoms with Crippen LogP contribution in [0.4, 0.5) is 5.13 Å². The molecule has 2 aromatic rings. The van der Waals surface area contributed by atoms with Crippen LogP contribution in [0.15, 0.2) is 23.6 Å². The Hall–Kier alpha value is -2.61. The van der Waals surface area contributed by atoms with Gasteiger partial charge in [0, 0.05) is 5.38 Å². The fourth-order valence-electron chi connectivity index (χ4n) is 2.17. The van der Waals surface area contributed by atoms with Gasteiger partial charge in [-0.25, -0.2) is 4.98 Å². The molecule has 0 fully saturated rings. The topological polar surface area (TPSA) is 104 Å². The fourth-order valence-corrected chi connectivity index (χ4v) is 2.90. The van der Waals surface area contributed by atoms with Crippen LogP contribution in [-0.4, -0.2) is 30.0 Å². The molecule has 8 heteroatoms. The van der Waals surface area contributed by atoms with E-state index in [1.807, 2.05) is 6.07 Å². The third-order valence-corrected chi connectivity index (χ3v) is 3.93. The van der Waals surface area contributed by atoms with Gasteiger partial charge in [-0.1, -0.05) is 6.07 Å². The second-order valence-corrected chi connectivity index (χ2v) is 5.85. The molecular formula is C15H15N3O4S. The number of nitrogens with one attached hydrogen (secondary N) is 1. The highest BCUT2D eigenvalue weighted by atomic mass is 32.1. The predicted octanol–water partition coefficient (Wildman–Crippen LogP) is 1.12. The number of carbonyl (C=O) groups excluding carboxylic acids is 2. The molecule has 0 atom stereocenters. The van der Waals surface area contributed by atoms with Crippen molar-refractivity contribution < 1.29 is 19.1 Å². The van der Waals surface area contributed by atoms with Crippen molar-refractivity contribution in [2.24, 2.45) is 5.73 Å². The van der Waals surface area contributed by atoms with Crippen molar-refractivity contribution in [3.05, 3.63) is 34.8 Å². The summed E-state index contributed by atoms with van der Waals surface area (Å²) in [7, 11) is 0. The molecule has 2 heterocycles. The summed E-state index contributed by atoms with van der Waals surface area (Å²) in [5.74, 6) is 0.696. The average molecular weight is 333 g/mol. The second-order valence-electron chi connectivity index (χ2n) is 4.99. The van der Waals surface area contributed by atoms with Gasteiger partial charge in [0.2, 0.25) is 11.8 Å². The summed E-state index contributed by atoms with van der Waals surface area (Å²) in [6, 6.07) is 5.42. The molecule has 7 nitrogen and oxygen atoms in total. The predicted molar refractivity (Wildman–Crippen MR) is 84.8 cm³/mol. The standard InChI is InChI=1S/C15H15N3O4S/c16-13(19)7-10-8-23-15(17-10)18-14(20)6-9-1-2-11-12(5-9)22-4-3-21-11/h1-2,5,8H,3-4,6-7H2,(H2,16,19)(H,17,18,20). The number of nitrogens with two attached hydrogens (primary N) is 1. The van der Waals surface area contributed by atoms with Crippen molar-refractivity contribution in [2.45, 2.75) is 12.8 Å². The van der Waals surface area contributed by atoms with E-state index < -0.39 is 5.91 Å². The van der Waals surface area contributed by atoms with Crippen LogP contribution < -0.4 is 20.5 Å². The number of aromatic nitrogens is 1. The summed E-state index contributed by atoms with van der Waals surface area (Å²) in [5, 5.41) is 4.86. The zero-order valence-corrected chi connectivity index (χ0v) is 13.0. The number of nitrogens with zero attached hydrogens (tertiary/aromatic N) is 1. The molecule has 3 N–H and O–H groups in total. The van der Waals surface area contributed by atoms with E-state index in [0.29, 0.717) is 35.5 Å². The first-order valence-electron chi connectivity index (χ1n) is 7.01. The second kappa shape index (κ2) is 6.66. The number of benzene rings is 1. The first kappa shape index (κ1) is 15.3. The Morgan fingerprint density at radius 3 is 2.78 bits per heavy atom. The van der Waals surface area contributed by atoms with Gasteiger partial charge >= 0.3 is 0 Å². The van der Waals surface area contributed by atoms with Crippen molar-refractivity contribution in [1.29, 1.82) is 0 Å². The molecule has 0 aliphatic carbocycles. The van der Waals surface area contributed by atoms with Crippen molar-refractivity contribution in [3.8, 4) is 11.5 Å². The van der Waals surface area contributed by atoms with Gasteiger partial charge in [0.05, 0.1) is 18.5 Å². The van der Waals surface area contributed by atoms with E-state index in [2.05, 4.69) is 10.3 Å². The molecule has 1 aromatic carbocycles. The molecule has 0 saturated carbocycles. The number of rotatable bonds is 5. The quantitative estimate of drug-likeness (QED) is 0.853. The number of thiazole rings is 1. The number of hydrogen-bond donors (Lipinski definition) is 2. The van der Waals surface area contributed by atoms with Crippen LogP contribution in [0.5, 0.6) is 11.5 Å². The van der Waals surface area contributed by atoms with Gasteiger partial charge in [-0.2, -0.15) is 0 Å². The summed E-state index contributed by atoms with van der Waals surface area (Å²) in [6.45, 7) is 1.04. The van der Waals surface area contributed by atoms with E-state index in [1.165, 1.54) is 11.3 Å². The summed E-state index contributed by atoms with van der Waals surface area (Å²) >= 11 is 1.26. The zero-order valence-electron chi connectivity index (χ0n) is 12.2. The Morgan fingerprint density at radius 1 is 1.22 bits per heavy atom. The molecule has 1 aliphatic heterocycles. The van der Waals surface area contributed by atoms with Crippen LogP contribution >= 0.6 is 11.3 Å². The lowest BCUT2D eigenvalue weighted by Gasteiger charge is -2.18. The number of carbonyl (C=O) groups is 2. The van der Waals surface area contributed by atoms with E-state index in [4.69, 9.17) is 15.2 Å². The molecule has 0 unspecified atom stereocenters. The van der Waals surface area contributed by atoms with E-state index >= 15 is 0 Å². The molecule has 0 saturated heterocycles. The lowest BCUT2D eigenvalue weighted by atomic mass is 10.1. The third-order valence-electron chi connectivity index (χ3n) is 3.12. The van der Waals surface area contributed by atoms with Crippen LogP contribution in [0.1, 0.15) is 11.3 Å². The van der Waals surface area contributed by atoms with Crippen LogP contribution in [0, 0.1) is 0 Å². The lowest BCUT2D eigenvalue weighted by molar-refractivity contribution is -0.117. The maximum absolute atomic E-state index is 12.1. The van der Waals surface area contributed by atoms with Crippen molar-refractivity contribution in [2.75, 3.05) is 18.5 Å². The summed E-state index contributed by atoms with van der Waals surface area (Å²) in [6.07, 6.45) is 0.260. The van der Waals surface area contributed by atoms with Crippen LogP contribution in [0.25, 0.3) is 0 Å². The Kier molecular flexibility index (Phi) is 4.42. The van der Waals surface area contributed by atoms with Crippen molar-refractivity contribution >= 4 is 28.3 Å². The van der Waals surface area contributed by atoms with Gasteiger partial charge in [0.15, 0.2) is 16.6 Å². The minimum absolute atomic E-state index is 0.0640. The SMILES string of the molecule is NC(=O)Cc1csc(NC(=O)Cc2ccc3c(c2)OCCO3)n1. The number of primary amides is 1. The molecule has 0 spiro atoms. The van der Waals surface area contributed by atoms with E-state index in [-0.39, 0.29) is 18.7 Å². The van der Waals surface area contributed by atoms with E-state index in [0.717, 1.165) is 5.56 Å². The normalized spacial score (nSPS) is 12.7. The molecule has 0 radical (unpaired) electrons. The maximum atomic E-state index is 12.1. The highest BCUT2D eigenvalue weighted by Gasteiger charge is 2.14. The smallest absolute Gasteiger partial charge is 0.230 e. The molecule has 1 aliphatic rings. The van der Waals surface area contributed by atoms with Gasteiger partial charge in [-0.05, 0) is 17.7 Å². The minimum atomic E-state index is -0.454. The van der Waals surface area contributed by atoms with Crippen LogP contribution in [-0.2, 0) is 22.4 Å². The highest BCUT2D eigenvalue weighted by Crippen LogP contribution is 2.31. The first-order chi connectivity index (χ1) is 11.1. The molecule has 120 valence electrons. The first-order valence-corrected chi connectivity index (χ1v) is 7.89. The summed E-state index contributed by atoms with van der Waals surface area (Å²) in [5.41, 5.74) is 6.48. The Bertz CT molecular complexity index is 744. The molecular weight excluding hydrogens is 318 g/mol. The van der Waals surface area contributed by atoms with Gasteiger partial charge in [0.1, 0.15) is 13.2 Å². The van der Waals surface area contributed by atoms with Gasteiger partial charge in [0.25, 0.3) is 0 Å². The molecule has 0 bridgehead atoms. The maximum Gasteiger partial charge on any atom is 0.230 e.